The third-order valence-electron chi connectivity index (χ3n) is 5.67. The predicted octanol–water partition coefficient (Wildman–Crippen LogP) is 5.38. The quantitative estimate of drug-likeness (QED) is 0.438. The lowest BCUT2D eigenvalue weighted by Crippen LogP contribution is -2.42. The summed E-state index contributed by atoms with van der Waals surface area (Å²) in [5, 5.41) is 7.87. The van der Waals surface area contributed by atoms with Gasteiger partial charge in [-0.15, -0.1) is 0 Å². The number of hydrogen-bond acceptors (Lipinski definition) is 4. The minimum atomic E-state index is -0.479. The van der Waals surface area contributed by atoms with Crippen LogP contribution in [-0.4, -0.2) is 30.8 Å². The molecule has 32 heavy (non-hydrogen) atoms. The number of benzene rings is 2. The molecule has 2 aliphatic heterocycles. The maximum Gasteiger partial charge on any atom is 0.324 e. The van der Waals surface area contributed by atoms with E-state index in [-0.39, 0.29) is 28.8 Å². The summed E-state index contributed by atoms with van der Waals surface area (Å²) in [7, 11) is -0.323. The molecule has 2 heterocycles. The third-order valence-corrected chi connectivity index (χ3v) is 7.65. The highest BCUT2D eigenvalue weighted by atomic mass is 32.2. The second-order valence-electron chi connectivity index (χ2n) is 9.36. The first-order valence-electron chi connectivity index (χ1n) is 11.3. The first-order chi connectivity index (χ1) is 15.4. The number of carbonyl (C=O) groups is 1. The summed E-state index contributed by atoms with van der Waals surface area (Å²) in [6.07, 6.45) is 6.10. The van der Waals surface area contributed by atoms with Crippen LogP contribution in [0.5, 0.6) is 5.75 Å². The van der Waals surface area contributed by atoms with Gasteiger partial charge in [0.25, 0.3) is 0 Å². The van der Waals surface area contributed by atoms with Crippen molar-refractivity contribution in [3.05, 3.63) is 82.6 Å². The normalized spacial score (nSPS) is 21.2. The van der Waals surface area contributed by atoms with E-state index in [1.807, 2.05) is 32.9 Å². The molecule has 0 amide bonds. The molecule has 2 atom stereocenters. The van der Waals surface area contributed by atoms with Crippen LogP contribution in [0.3, 0.4) is 0 Å². The van der Waals surface area contributed by atoms with Crippen molar-refractivity contribution in [1.29, 1.82) is 0 Å². The molecule has 0 saturated carbocycles. The molecule has 0 bridgehead atoms. The Morgan fingerprint density at radius 3 is 2.50 bits per heavy atom. The fourth-order valence-corrected chi connectivity index (χ4v) is 5.85. The van der Waals surface area contributed by atoms with Crippen molar-refractivity contribution in [3.63, 3.8) is 0 Å². The summed E-state index contributed by atoms with van der Waals surface area (Å²) >= 11 is 0. The number of rotatable bonds is 7. The molecule has 2 aromatic carbocycles. The average Bonchev–Trinajstić information content (AvgIpc) is 3.45. The van der Waals surface area contributed by atoms with Crippen molar-refractivity contribution < 1.29 is 14.3 Å². The molecule has 5 heteroatoms. The SMILES string of the molecule is CC(C)(C)OC(=O)C1NCC[C@H]1COc1ccc(Cc2ccccc2[SH]2C=CC=C2)cc1. The van der Waals surface area contributed by atoms with Crippen molar-refractivity contribution in [1.82, 2.24) is 5.32 Å². The summed E-state index contributed by atoms with van der Waals surface area (Å²) in [6.45, 7) is 7.00. The molecule has 2 aliphatic rings. The summed E-state index contributed by atoms with van der Waals surface area (Å²) in [4.78, 5) is 13.9. The Kier molecular flexibility index (Phi) is 7.07. The number of hydrogen-bond donors (Lipinski definition) is 2. The van der Waals surface area contributed by atoms with E-state index in [1.54, 1.807) is 0 Å². The Morgan fingerprint density at radius 1 is 1.06 bits per heavy atom. The van der Waals surface area contributed by atoms with Crippen LogP contribution in [0.1, 0.15) is 38.3 Å². The molecule has 0 radical (unpaired) electrons. The Hall–Kier alpha value is -2.50. The van der Waals surface area contributed by atoms with Crippen LogP contribution in [-0.2, 0) is 16.0 Å². The van der Waals surface area contributed by atoms with Crippen molar-refractivity contribution in [2.75, 3.05) is 13.2 Å². The van der Waals surface area contributed by atoms with E-state index in [9.17, 15) is 4.79 Å². The lowest BCUT2D eigenvalue weighted by molar-refractivity contribution is -0.158. The molecule has 4 rings (SSSR count). The van der Waals surface area contributed by atoms with Gasteiger partial charge in [0, 0.05) is 5.92 Å². The van der Waals surface area contributed by atoms with E-state index < -0.39 is 5.60 Å². The maximum absolute atomic E-state index is 12.5. The van der Waals surface area contributed by atoms with Gasteiger partial charge in [-0.2, -0.15) is 10.9 Å². The van der Waals surface area contributed by atoms with Gasteiger partial charge < -0.3 is 14.8 Å². The molecule has 1 fully saturated rings. The Bertz CT molecular complexity index is 979. The second kappa shape index (κ2) is 9.97. The van der Waals surface area contributed by atoms with E-state index in [1.165, 1.54) is 16.0 Å². The van der Waals surface area contributed by atoms with Gasteiger partial charge in [-0.3, -0.25) is 4.79 Å². The number of esters is 1. The van der Waals surface area contributed by atoms with Gasteiger partial charge in [-0.25, -0.2) is 0 Å². The monoisotopic (exact) mass is 451 g/mol. The van der Waals surface area contributed by atoms with E-state index in [4.69, 9.17) is 9.47 Å². The Labute approximate surface area is 194 Å². The van der Waals surface area contributed by atoms with Crippen molar-refractivity contribution in [2.45, 2.75) is 50.2 Å². The van der Waals surface area contributed by atoms with Crippen LogP contribution in [0.15, 0.2) is 76.4 Å². The minimum Gasteiger partial charge on any atom is -0.493 e. The highest BCUT2D eigenvalue weighted by Gasteiger charge is 2.36. The molecule has 170 valence electrons. The Morgan fingerprint density at radius 2 is 1.78 bits per heavy atom. The third kappa shape index (κ3) is 5.84. The van der Waals surface area contributed by atoms with Crippen LogP contribution in [0, 0.1) is 5.92 Å². The molecule has 0 spiro atoms. The zero-order chi connectivity index (χ0) is 22.6. The molecule has 1 N–H and O–H groups in total. The van der Waals surface area contributed by atoms with E-state index >= 15 is 0 Å². The van der Waals surface area contributed by atoms with Gasteiger partial charge in [0.1, 0.15) is 17.4 Å². The van der Waals surface area contributed by atoms with Crippen LogP contribution in [0.2, 0.25) is 0 Å². The van der Waals surface area contributed by atoms with Gasteiger partial charge in [-0.1, -0.05) is 42.5 Å². The molecular formula is C27H33NO3S. The molecular weight excluding hydrogens is 418 g/mol. The van der Waals surface area contributed by atoms with Crippen LogP contribution < -0.4 is 10.1 Å². The fourth-order valence-electron chi connectivity index (χ4n) is 4.11. The van der Waals surface area contributed by atoms with Crippen molar-refractivity contribution >= 4 is 16.9 Å². The number of ether oxygens (including phenoxy) is 2. The second-order valence-corrected chi connectivity index (χ2v) is 11.3. The number of thiol groups is 1. The Balaban J connectivity index is 1.34. The first-order valence-corrected chi connectivity index (χ1v) is 12.8. The van der Waals surface area contributed by atoms with E-state index in [2.05, 4.69) is 64.7 Å². The van der Waals surface area contributed by atoms with Crippen LogP contribution in [0.25, 0.3) is 0 Å². The van der Waals surface area contributed by atoms with Gasteiger partial charge in [0.05, 0.1) is 6.61 Å². The zero-order valence-corrected chi connectivity index (χ0v) is 20.0. The zero-order valence-electron chi connectivity index (χ0n) is 19.1. The molecule has 2 aromatic rings. The maximum atomic E-state index is 12.5. The highest BCUT2D eigenvalue weighted by Crippen LogP contribution is 2.44. The van der Waals surface area contributed by atoms with Gasteiger partial charge in [0.15, 0.2) is 0 Å². The standard InChI is InChI=1S/C27H33NO3S/c1-27(2,3)31-26(29)25-22(14-15-28-25)19-30-23-12-10-20(11-13-23)18-21-8-4-5-9-24(21)32-16-6-7-17-32/h4-13,16-17,22,25,28,32H,14-15,18-19H2,1-3H3/t22-,25?/m0/s1. The highest BCUT2D eigenvalue weighted by molar-refractivity contribution is 8.22. The lowest BCUT2D eigenvalue weighted by Gasteiger charge is -2.25. The van der Waals surface area contributed by atoms with E-state index in [0.29, 0.717) is 6.61 Å². The van der Waals surface area contributed by atoms with Crippen LogP contribution >= 0.6 is 10.9 Å². The average molecular weight is 452 g/mol. The van der Waals surface area contributed by atoms with Gasteiger partial charge in [-0.05, 0) is 85.2 Å². The topological polar surface area (TPSA) is 47.6 Å². The van der Waals surface area contributed by atoms with Crippen molar-refractivity contribution in [3.8, 4) is 5.75 Å². The molecule has 0 aliphatic carbocycles. The minimum absolute atomic E-state index is 0.117. The van der Waals surface area contributed by atoms with Gasteiger partial charge in [0.2, 0.25) is 0 Å². The van der Waals surface area contributed by atoms with E-state index in [0.717, 1.165) is 25.1 Å². The largest absolute Gasteiger partial charge is 0.493 e. The molecule has 4 nitrogen and oxygen atoms in total. The smallest absolute Gasteiger partial charge is 0.324 e. The number of nitrogens with one attached hydrogen (secondary N) is 1. The molecule has 1 saturated heterocycles. The molecule has 0 aromatic heterocycles. The number of allylic oxidation sites excluding steroid dienone is 2. The number of carbonyl (C=O) groups excluding carboxylic acids is 1. The summed E-state index contributed by atoms with van der Waals surface area (Å²) in [6, 6.07) is 16.8. The summed E-state index contributed by atoms with van der Waals surface area (Å²) in [5.74, 6) is 0.764. The lowest BCUT2D eigenvalue weighted by atomic mass is 10.0. The fraction of sp³-hybridized carbons (Fsp3) is 0.370. The predicted molar refractivity (Wildman–Crippen MR) is 132 cm³/mol. The van der Waals surface area contributed by atoms with Crippen molar-refractivity contribution in [2.24, 2.45) is 5.92 Å². The molecule has 1 unspecified atom stereocenters. The summed E-state index contributed by atoms with van der Waals surface area (Å²) < 4.78 is 11.6. The van der Waals surface area contributed by atoms with Crippen LogP contribution in [0.4, 0.5) is 0 Å². The first kappa shape index (κ1) is 22.7. The van der Waals surface area contributed by atoms with Gasteiger partial charge >= 0.3 is 5.97 Å². The summed E-state index contributed by atoms with van der Waals surface area (Å²) in [5.41, 5.74) is 2.16.